The number of nitrogens with one attached hydrogen (secondary N) is 1. The summed E-state index contributed by atoms with van der Waals surface area (Å²) in [7, 11) is -5.72. The zero-order valence-corrected chi connectivity index (χ0v) is 17.2. The number of sulfone groups is 1. The highest BCUT2D eigenvalue weighted by molar-refractivity contribution is 7.92. The van der Waals surface area contributed by atoms with E-state index in [0.717, 1.165) is 12.4 Å². The Morgan fingerprint density at radius 3 is 2.53 bits per heavy atom. The maximum absolute atomic E-state index is 12.8. The summed E-state index contributed by atoms with van der Waals surface area (Å²) in [6, 6.07) is 6.97. The van der Waals surface area contributed by atoms with Gasteiger partial charge in [-0.05, 0) is 30.3 Å². The number of halogens is 4. The Morgan fingerprint density at radius 2 is 1.94 bits per heavy atom. The summed E-state index contributed by atoms with van der Waals surface area (Å²) in [5.74, 6) is -0.715. The van der Waals surface area contributed by atoms with E-state index in [0.29, 0.717) is 17.7 Å². The molecular weight excluding hydrogens is 473 g/mol. The first-order valence-electron chi connectivity index (χ1n) is 8.33. The number of aromatic nitrogens is 4. The molecule has 0 aliphatic heterocycles. The lowest BCUT2D eigenvalue weighted by Gasteiger charge is -2.12. The van der Waals surface area contributed by atoms with Crippen LogP contribution < -0.4 is 5.32 Å². The topological polar surface area (TPSA) is 131 Å². The Kier molecular flexibility index (Phi) is 6.02. The molecule has 0 unspecified atom stereocenters. The van der Waals surface area contributed by atoms with Crippen molar-refractivity contribution in [1.29, 1.82) is 5.26 Å². The first kappa shape index (κ1) is 22.9. The summed E-state index contributed by atoms with van der Waals surface area (Å²) in [4.78, 5) is 19.4. The highest BCUT2D eigenvalue weighted by atomic mass is 35.5. The molecule has 0 aliphatic carbocycles. The zero-order valence-electron chi connectivity index (χ0n) is 15.6. The van der Waals surface area contributed by atoms with Gasteiger partial charge in [0, 0.05) is 16.8 Å². The SMILES string of the molecule is C=C(NC(=O)c1cc(Cl)cc(S(=O)(=O)C(F)(F)F)c1)c1ncnn1-c1ccc(C#N)cn1. The molecule has 14 heteroatoms. The van der Waals surface area contributed by atoms with Crippen molar-refractivity contribution in [3.05, 3.63) is 71.4 Å². The second-order valence-electron chi connectivity index (χ2n) is 6.07. The fourth-order valence-corrected chi connectivity index (χ4v) is 3.57. The third-order valence-electron chi connectivity index (χ3n) is 3.92. The largest absolute Gasteiger partial charge is 0.501 e. The van der Waals surface area contributed by atoms with Gasteiger partial charge in [-0.3, -0.25) is 4.79 Å². The zero-order chi connectivity index (χ0) is 23.7. The normalized spacial score (nSPS) is 11.6. The molecule has 0 fully saturated rings. The van der Waals surface area contributed by atoms with Crippen LogP contribution in [0.4, 0.5) is 13.2 Å². The lowest BCUT2D eigenvalue weighted by molar-refractivity contribution is -0.0436. The molecule has 2 heterocycles. The first-order chi connectivity index (χ1) is 14.9. The maximum Gasteiger partial charge on any atom is 0.501 e. The summed E-state index contributed by atoms with van der Waals surface area (Å²) >= 11 is 5.72. The van der Waals surface area contributed by atoms with Crippen LogP contribution in [0.2, 0.25) is 5.02 Å². The summed E-state index contributed by atoms with van der Waals surface area (Å²) in [5.41, 5.74) is -5.84. The van der Waals surface area contributed by atoms with Gasteiger partial charge in [-0.25, -0.2) is 18.4 Å². The van der Waals surface area contributed by atoms with E-state index >= 15 is 0 Å². The molecule has 3 rings (SSSR count). The molecule has 0 atom stereocenters. The van der Waals surface area contributed by atoms with E-state index in [1.54, 1.807) is 0 Å². The van der Waals surface area contributed by atoms with E-state index in [9.17, 15) is 26.4 Å². The molecule has 3 aromatic rings. The predicted octanol–water partition coefficient (Wildman–Crippen LogP) is 2.88. The van der Waals surface area contributed by atoms with Crippen LogP contribution in [0.5, 0.6) is 0 Å². The van der Waals surface area contributed by atoms with Gasteiger partial charge in [-0.1, -0.05) is 18.2 Å². The first-order valence-corrected chi connectivity index (χ1v) is 10.2. The minimum Gasteiger partial charge on any atom is -0.319 e. The highest BCUT2D eigenvalue weighted by Gasteiger charge is 2.47. The van der Waals surface area contributed by atoms with Gasteiger partial charge in [0.2, 0.25) is 0 Å². The van der Waals surface area contributed by atoms with E-state index in [-0.39, 0.29) is 17.3 Å². The van der Waals surface area contributed by atoms with Gasteiger partial charge < -0.3 is 5.32 Å². The van der Waals surface area contributed by atoms with Gasteiger partial charge in [-0.2, -0.15) is 28.2 Å². The van der Waals surface area contributed by atoms with Gasteiger partial charge in [0.1, 0.15) is 12.4 Å². The van der Waals surface area contributed by atoms with Crippen molar-refractivity contribution in [2.24, 2.45) is 0 Å². The number of hydrogen-bond donors (Lipinski definition) is 1. The third kappa shape index (κ3) is 4.46. The smallest absolute Gasteiger partial charge is 0.319 e. The van der Waals surface area contributed by atoms with Gasteiger partial charge in [0.25, 0.3) is 15.7 Å². The van der Waals surface area contributed by atoms with Crippen molar-refractivity contribution in [1.82, 2.24) is 25.1 Å². The van der Waals surface area contributed by atoms with Crippen LogP contribution in [0.1, 0.15) is 21.7 Å². The molecule has 0 radical (unpaired) electrons. The van der Waals surface area contributed by atoms with Gasteiger partial charge in [-0.15, -0.1) is 0 Å². The van der Waals surface area contributed by atoms with E-state index in [2.05, 4.69) is 27.0 Å². The van der Waals surface area contributed by atoms with Crippen LogP contribution in [0.15, 0.2) is 54.3 Å². The van der Waals surface area contributed by atoms with Gasteiger partial charge in [0.05, 0.1) is 16.2 Å². The molecule has 1 amide bonds. The van der Waals surface area contributed by atoms with Crippen molar-refractivity contribution in [2.45, 2.75) is 10.4 Å². The van der Waals surface area contributed by atoms with Gasteiger partial charge in [0.15, 0.2) is 11.6 Å². The number of hydrogen-bond acceptors (Lipinski definition) is 7. The van der Waals surface area contributed by atoms with E-state index in [4.69, 9.17) is 16.9 Å². The number of nitrogens with zero attached hydrogens (tertiary/aromatic N) is 5. The minimum atomic E-state index is -5.72. The van der Waals surface area contributed by atoms with Crippen molar-refractivity contribution in [2.75, 3.05) is 0 Å². The Balaban J connectivity index is 1.89. The summed E-state index contributed by atoms with van der Waals surface area (Å²) in [5, 5.41) is 14.7. The third-order valence-corrected chi connectivity index (χ3v) is 5.61. The van der Waals surface area contributed by atoms with E-state index in [1.807, 2.05) is 6.07 Å². The van der Waals surface area contributed by atoms with Crippen LogP contribution in [0.3, 0.4) is 0 Å². The molecule has 32 heavy (non-hydrogen) atoms. The Morgan fingerprint density at radius 1 is 1.22 bits per heavy atom. The van der Waals surface area contributed by atoms with Crippen LogP contribution in [0, 0.1) is 11.3 Å². The van der Waals surface area contributed by atoms with Crippen LogP contribution in [-0.2, 0) is 9.84 Å². The average Bonchev–Trinajstić information content (AvgIpc) is 3.22. The van der Waals surface area contributed by atoms with Crippen molar-refractivity contribution >= 4 is 33.0 Å². The molecule has 2 aromatic heterocycles. The maximum atomic E-state index is 12.8. The van der Waals surface area contributed by atoms with Crippen LogP contribution >= 0.6 is 11.6 Å². The molecule has 0 spiro atoms. The van der Waals surface area contributed by atoms with Crippen molar-refractivity contribution in [3.63, 3.8) is 0 Å². The Labute approximate surface area is 183 Å². The average molecular weight is 483 g/mol. The summed E-state index contributed by atoms with van der Waals surface area (Å²) < 4.78 is 63.0. The minimum absolute atomic E-state index is 0.0284. The number of nitriles is 1. The summed E-state index contributed by atoms with van der Waals surface area (Å²) in [6.07, 6.45) is 2.43. The molecule has 0 saturated heterocycles. The lowest BCUT2D eigenvalue weighted by Crippen LogP contribution is -2.25. The number of benzene rings is 1. The fourth-order valence-electron chi connectivity index (χ4n) is 2.44. The molecule has 0 bridgehead atoms. The molecule has 0 aliphatic rings. The van der Waals surface area contributed by atoms with Gasteiger partial charge >= 0.3 is 5.51 Å². The molecule has 1 aromatic carbocycles. The quantitative estimate of drug-likeness (QED) is 0.591. The molecule has 1 N–H and O–H groups in total. The summed E-state index contributed by atoms with van der Waals surface area (Å²) in [6.45, 7) is 3.65. The number of rotatable bonds is 5. The number of carbonyl (C=O) groups is 1. The monoisotopic (exact) mass is 482 g/mol. The number of carbonyl (C=O) groups excluding carboxylic acids is 1. The molecular formula is C18H10ClF3N6O3S. The second-order valence-corrected chi connectivity index (χ2v) is 8.45. The Bertz CT molecular complexity index is 1360. The second kappa shape index (κ2) is 8.40. The number of pyridine rings is 1. The Hall–Kier alpha value is -3.76. The number of alkyl halides is 3. The molecule has 164 valence electrons. The highest BCUT2D eigenvalue weighted by Crippen LogP contribution is 2.32. The number of amides is 1. The standard InChI is InChI=1S/C18H10ClF3N6O3S/c1-10(16-25-9-26-28(16)15-3-2-11(7-23)8-24-15)27-17(29)12-4-13(19)6-14(5-12)32(30,31)18(20,21)22/h2-6,8-9H,1H2,(H,27,29). The van der Waals surface area contributed by atoms with Crippen molar-refractivity contribution in [3.8, 4) is 11.9 Å². The van der Waals surface area contributed by atoms with E-state index < -0.39 is 36.7 Å². The molecule has 9 nitrogen and oxygen atoms in total. The van der Waals surface area contributed by atoms with Crippen LogP contribution in [0.25, 0.3) is 11.5 Å². The lowest BCUT2D eigenvalue weighted by atomic mass is 10.2. The van der Waals surface area contributed by atoms with Crippen molar-refractivity contribution < 1.29 is 26.4 Å². The van der Waals surface area contributed by atoms with Crippen LogP contribution in [-0.4, -0.2) is 39.6 Å². The fraction of sp³-hybridized carbons (Fsp3) is 0.0556. The predicted molar refractivity (Wildman–Crippen MR) is 105 cm³/mol. The molecule has 0 saturated carbocycles. The van der Waals surface area contributed by atoms with E-state index in [1.165, 1.54) is 23.0 Å².